The predicted molar refractivity (Wildman–Crippen MR) is 87.5 cm³/mol. The Morgan fingerprint density at radius 1 is 1.18 bits per heavy atom. The quantitative estimate of drug-likeness (QED) is 0.835. The highest BCUT2D eigenvalue weighted by molar-refractivity contribution is 5.89. The van der Waals surface area contributed by atoms with Gasteiger partial charge in [-0.05, 0) is 39.1 Å². The number of urea groups is 1. The molecule has 0 aliphatic heterocycles. The fourth-order valence-electron chi connectivity index (χ4n) is 3.14. The van der Waals surface area contributed by atoms with Crippen LogP contribution in [-0.4, -0.2) is 37.1 Å². The standard InChI is InChI=1S/C17H26FN3O/c1-21(2)17(11-7-3-4-8-12-17)13-19-16(22)20-15-10-6-5-9-14(15)18/h5-6,9-10H,3-4,7-8,11-13H2,1-2H3,(H2,19,20,22). The normalized spacial score (nSPS) is 17.8. The van der Waals surface area contributed by atoms with Gasteiger partial charge in [0.25, 0.3) is 0 Å². The zero-order valence-electron chi connectivity index (χ0n) is 13.5. The molecule has 0 aromatic heterocycles. The number of rotatable bonds is 4. The fraction of sp³-hybridized carbons (Fsp3) is 0.588. The van der Waals surface area contributed by atoms with Gasteiger partial charge in [-0.3, -0.25) is 0 Å². The lowest BCUT2D eigenvalue weighted by Crippen LogP contribution is -2.53. The smallest absolute Gasteiger partial charge is 0.319 e. The Labute approximate surface area is 132 Å². The van der Waals surface area contributed by atoms with Gasteiger partial charge in [0.15, 0.2) is 0 Å². The fourth-order valence-corrected chi connectivity index (χ4v) is 3.14. The van der Waals surface area contributed by atoms with Gasteiger partial charge in [-0.25, -0.2) is 9.18 Å². The molecule has 0 saturated heterocycles. The molecule has 2 rings (SSSR count). The third kappa shape index (κ3) is 4.19. The molecule has 2 N–H and O–H groups in total. The Hall–Kier alpha value is -1.62. The number of carbonyl (C=O) groups excluding carboxylic acids is 1. The minimum Gasteiger partial charge on any atom is -0.336 e. The van der Waals surface area contributed by atoms with E-state index >= 15 is 0 Å². The van der Waals surface area contributed by atoms with Gasteiger partial charge in [0.1, 0.15) is 5.82 Å². The Morgan fingerprint density at radius 3 is 2.41 bits per heavy atom. The van der Waals surface area contributed by atoms with E-state index in [4.69, 9.17) is 0 Å². The van der Waals surface area contributed by atoms with Crippen molar-refractivity contribution in [3.05, 3.63) is 30.1 Å². The average molecular weight is 307 g/mol. The van der Waals surface area contributed by atoms with E-state index in [0.29, 0.717) is 6.54 Å². The van der Waals surface area contributed by atoms with E-state index in [0.717, 1.165) is 12.8 Å². The number of halogens is 1. The first-order valence-corrected chi connectivity index (χ1v) is 8.00. The van der Waals surface area contributed by atoms with Crippen molar-refractivity contribution in [1.82, 2.24) is 10.2 Å². The number of likely N-dealkylation sites (N-methyl/N-ethyl adjacent to an activating group) is 1. The third-order valence-corrected chi connectivity index (χ3v) is 4.68. The van der Waals surface area contributed by atoms with Gasteiger partial charge in [-0.15, -0.1) is 0 Å². The highest BCUT2D eigenvalue weighted by Crippen LogP contribution is 2.30. The summed E-state index contributed by atoms with van der Waals surface area (Å²) in [7, 11) is 4.14. The van der Waals surface area contributed by atoms with Crippen LogP contribution in [0.1, 0.15) is 38.5 Å². The maximum atomic E-state index is 13.6. The molecule has 1 aliphatic rings. The molecule has 0 unspecified atom stereocenters. The van der Waals surface area contributed by atoms with Gasteiger partial charge in [0.2, 0.25) is 0 Å². The second-order valence-electron chi connectivity index (χ2n) is 6.32. The molecular weight excluding hydrogens is 281 g/mol. The first-order chi connectivity index (χ1) is 10.5. The van der Waals surface area contributed by atoms with Crippen LogP contribution in [0.25, 0.3) is 0 Å². The molecule has 1 aromatic rings. The SMILES string of the molecule is CN(C)C1(CNC(=O)Nc2ccccc2F)CCCCCC1. The second-order valence-corrected chi connectivity index (χ2v) is 6.32. The number of carbonyl (C=O) groups is 1. The average Bonchev–Trinajstić information content (AvgIpc) is 2.74. The summed E-state index contributed by atoms with van der Waals surface area (Å²) in [6.07, 6.45) is 7.07. The lowest BCUT2D eigenvalue weighted by Gasteiger charge is -2.39. The van der Waals surface area contributed by atoms with Crippen LogP contribution in [0.4, 0.5) is 14.9 Å². The molecule has 1 saturated carbocycles. The molecule has 0 bridgehead atoms. The third-order valence-electron chi connectivity index (χ3n) is 4.68. The highest BCUT2D eigenvalue weighted by atomic mass is 19.1. The van der Waals surface area contributed by atoms with E-state index in [1.807, 2.05) is 0 Å². The molecule has 22 heavy (non-hydrogen) atoms. The number of hydrogen-bond acceptors (Lipinski definition) is 2. The van der Waals surface area contributed by atoms with Crippen molar-refractivity contribution < 1.29 is 9.18 Å². The Kier molecular flexibility index (Phi) is 5.77. The van der Waals surface area contributed by atoms with Crippen molar-refractivity contribution in [3.8, 4) is 0 Å². The summed E-state index contributed by atoms with van der Waals surface area (Å²) >= 11 is 0. The van der Waals surface area contributed by atoms with Crippen molar-refractivity contribution in [2.45, 2.75) is 44.1 Å². The molecule has 5 heteroatoms. The lowest BCUT2D eigenvalue weighted by molar-refractivity contribution is 0.129. The first-order valence-electron chi connectivity index (χ1n) is 8.00. The van der Waals surface area contributed by atoms with Gasteiger partial charge >= 0.3 is 6.03 Å². The molecule has 1 fully saturated rings. The van der Waals surface area contributed by atoms with Crippen LogP contribution in [0, 0.1) is 5.82 Å². The topological polar surface area (TPSA) is 44.4 Å². The molecule has 0 radical (unpaired) electrons. The van der Waals surface area contributed by atoms with E-state index in [9.17, 15) is 9.18 Å². The van der Waals surface area contributed by atoms with E-state index in [2.05, 4.69) is 29.6 Å². The van der Waals surface area contributed by atoms with Crippen LogP contribution in [-0.2, 0) is 0 Å². The molecule has 1 aliphatic carbocycles. The van der Waals surface area contributed by atoms with Gasteiger partial charge < -0.3 is 15.5 Å². The van der Waals surface area contributed by atoms with Crippen molar-refractivity contribution >= 4 is 11.7 Å². The van der Waals surface area contributed by atoms with Crippen molar-refractivity contribution in [2.24, 2.45) is 0 Å². The van der Waals surface area contributed by atoms with Gasteiger partial charge in [0.05, 0.1) is 5.69 Å². The number of hydrogen-bond donors (Lipinski definition) is 2. The summed E-state index contributed by atoms with van der Waals surface area (Å²) in [5.41, 5.74) is 0.211. The minimum absolute atomic E-state index is 0.00305. The number of anilines is 1. The van der Waals surface area contributed by atoms with Crippen LogP contribution >= 0.6 is 0 Å². The maximum absolute atomic E-state index is 13.6. The van der Waals surface area contributed by atoms with Crippen LogP contribution in [0.5, 0.6) is 0 Å². The predicted octanol–water partition coefficient (Wildman–Crippen LogP) is 3.60. The van der Waals surface area contributed by atoms with Crippen molar-refractivity contribution in [1.29, 1.82) is 0 Å². The van der Waals surface area contributed by atoms with E-state index in [1.54, 1.807) is 18.2 Å². The first kappa shape index (κ1) is 16.7. The van der Waals surface area contributed by atoms with Gasteiger partial charge in [-0.1, -0.05) is 37.8 Å². The summed E-state index contributed by atoms with van der Waals surface area (Å²) < 4.78 is 13.6. The number of nitrogens with one attached hydrogen (secondary N) is 2. The largest absolute Gasteiger partial charge is 0.336 e. The minimum atomic E-state index is -0.422. The summed E-state index contributed by atoms with van der Waals surface area (Å²) in [4.78, 5) is 14.3. The highest BCUT2D eigenvalue weighted by Gasteiger charge is 2.33. The molecule has 122 valence electrons. The second kappa shape index (κ2) is 7.58. The van der Waals surface area contributed by atoms with Crippen LogP contribution in [0.3, 0.4) is 0 Å². The molecule has 0 heterocycles. The van der Waals surface area contributed by atoms with Gasteiger partial charge in [-0.2, -0.15) is 0 Å². The van der Waals surface area contributed by atoms with Crippen LogP contribution in [0.15, 0.2) is 24.3 Å². The van der Waals surface area contributed by atoms with E-state index in [1.165, 1.54) is 31.7 Å². The number of nitrogens with zero attached hydrogens (tertiary/aromatic N) is 1. The number of amides is 2. The van der Waals surface area contributed by atoms with E-state index in [-0.39, 0.29) is 17.3 Å². The molecule has 1 aromatic carbocycles. The molecule has 2 amide bonds. The summed E-state index contributed by atoms with van der Waals surface area (Å²) in [6.45, 7) is 0.584. The summed E-state index contributed by atoms with van der Waals surface area (Å²) in [5.74, 6) is -0.422. The maximum Gasteiger partial charge on any atom is 0.319 e. The zero-order chi connectivity index (χ0) is 16.0. The zero-order valence-corrected chi connectivity index (χ0v) is 13.5. The number of para-hydroxylation sites is 1. The Balaban J connectivity index is 1.94. The summed E-state index contributed by atoms with van der Waals surface area (Å²) in [5, 5.41) is 5.50. The van der Waals surface area contributed by atoms with E-state index < -0.39 is 5.82 Å². The molecular formula is C17H26FN3O. The Bertz CT molecular complexity index is 496. The molecule has 0 atom stereocenters. The summed E-state index contributed by atoms with van der Waals surface area (Å²) in [6, 6.07) is 5.84. The lowest BCUT2D eigenvalue weighted by atomic mass is 9.89. The van der Waals surface area contributed by atoms with Crippen LogP contribution in [0.2, 0.25) is 0 Å². The molecule has 4 nitrogen and oxygen atoms in total. The monoisotopic (exact) mass is 307 g/mol. The van der Waals surface area contributed by atoms with Gasteiger partial charge in [0, 0.05) is 12.1 Å². The van der Waals surface area contributed by atoms with Crippen LogP contribution < -0.4 is 10.6 Å². The Morgan fingerprint density at radius 2 is 1.82 bits per heavy atom. The van der Waals surface area contributed by atoms with Crippen molar-refractivity contribution in [2.75, 3.05) is 26.0 Å². The number of benzene rings is 1. The molecule has 0 spiro atoms. The van der Waals surface area contributed by atoms with Crippen molar-refractivity contribution in [3.63, 3.8) is 0 Å².